The molecule has 0 aromatic heterocycles. The largest absolute Gasteiger partial charge is 0.497 e. The Morgan fingerprint density at radius 1 is 1.26 bits per heavy atom. The van der Waals surface area contributed by atoms with Crippen molar-refractivity contribution in [1.29, 1.82) is 0 Å². The normalized spacial score (nSPS) is 10.3. The lowest BCUT2D eigenvalue weighted by Gasteiger charge is -2.18. The monoisotopic (exact) mass is 395 g/mol. The maximum Gasteiger partial charge on any atom is 0.407 e. The molecule has 0 atom stereocenters. The van der Waals surface area contributed by atoms with E-state index in [-0.39, 0.29) is 31.1 Å². The van der Waals surface area contributed by atoms with Gasteiger partial charge in [0.1, 0.15) is 30.2 Å². The van der Waals surface area contributed by atoms with E-state index in [0.29, 0.717) is 28.9 Å². The third-order valence-electron chi connectivity index (χ3n) is 3.91. The van der Waals surface area contributed by atoms with E-state index in [1.54, 1.807) is 31.4 Å². The predicted molar refractivity (Wildman–Crippen MR) is 98.1 cm³/mol. The number of carbonyl (C=O) groups excluding carboxylic acids is 1. The van der Waals surface area contributed by atoms with E-state index in [2.05, 4.69) is 0 Å². The lowest BCUT2D eigenvalue weighted by Crippen LogP contribution is -2.33. The highest BCUT2D eigenvalue weighted by Crippen LogP contribution is 2.25. The van der Waals surface area contributed by atoms with Gasteiger partial charge >= 0.3 is 6.09 Å². The number of hydrogen-bond donors (Lipinski definition) is 1. The molecule has 2 aromatic carbocycles. The fraction of sp³-hybridized carbons (Fsp3) is 0.263. The molecule has 0 aliphatic carbocycles. The molecule has 2 rings (SSSR count). The minimum absolute atomic E-state index is 0.0311. The second-order valence-corrected chi connectivity index (χ2v) is 6.04. The van der Waals surface area contributed by atoms with Gasteiger partial charge in [-0.3, -0.25) is 0 Å². The number of hydrogen-bond acceptors (Lipinski definition) is 4. The number of amides is 1. The number of aldehydes is 1. The molecular weight excluding hydrogens is 377 g/mol. The SMILES string of the molecule is COc1ccc(OCc2c(Cl)cc(F)cc2CCN(CC=O)C(=O)O)cc1. The van der Waals surface area contributed by atoms with Crippen LogP contribution in [0.25, 0.3) is 0 Å². The van der Waals surface area contributed by atoms with Crippen molar-refractivity contribution in [3.8, 4) is 11.5 Å². The number of nitrogens with zero attached hydrogens (tertiary/aromatic N) is 1. The molecule has 0 aliphatic rings. The molecule has 2 aromatic rings. The van der Waals surface area contributed by atoms with Crippen molar-refractivity contribution in [2.45, 2.75) is 13.0 Å². The van der Waals surface area contributed by atoms with Gasteiger partial charge in [-0.05, 0) is 48.4 Å². The van der Waals surface area contributed by atoms with Crippen LogP contribution in [0.2, 0.25) is 5.02 Å². The van der Waals surface area contributed by atoms with Crippen LogP contribution in [-0.2, 0) is 17.8 Å². The Morgan fingerprint density at radius 3 is 2.52 bits per heavy atom. The summed E-state index contributed by atoms with van der Waals surface area (Å²) in [6.07, 6.45) is -0.528. The van der Waals surface area contributed by atoms with Gasteiger partial charge in [0.05, 0.1) is 18.7 Å². The van der Waals surface area contributed by atoms with Crippen molar-refractivity contribution in [1.82, 2.24) is 4.90 Å². The molecule has 0 saturated heterocycles. The van der Waals surface area contributed by atoms with E-state index < -0.39 is 11.9 Å². The Labute approximate surface area is 161 Å². The van der Waals surface area contributed by atoms with Crippen LogP contribution in [0.1, 0.15) is 11.1 Å². The third-order valence-corrected chi connectivity index (χ3v) is 4.25. The van der Waals surface area contributed by atoms with Gasteiger partial charge in [0.25, 0.3) is 0 Å². The molecule has 1 amide bonds. The Kier molecular flexibility index (Phi) is 7.43. The molecule has 8 heteroatoms. The minimum atomic E-state index is -1.22. The molecular formula is C19H19ClFNO5. The van der Waals surface area contributed by atoms with E-state index in [1.807, 2.05) is 0 Å². The molecule has 0 fully saturated rings. The minimum Gasteiger partial charge on any atom is -0.497 e. The molecule has 0 unspecified atom stereocenters. The lowest BCUT2D eigenvalue weighted by atomic mass is 10.0. The molecule has 0 heterocycles. The molecule has 0 radical (unpaired) electrons. The first-order valence-electron chi connectivity index (χ1n) is 8.09. The highest BCUT2D eigenvalue weighted by molar-refractivity contribution is 6.31. The average Bonchev–Trinajstić information content (AvgIpc) is 2.64. The zero-order valence-corrected chi connectivity index (χ0v) is 15.4. The number of methoxy groups -OCH3 is 1. The van der Waals surface area contributed by atoms with E-state index in [0.717, 1.165) is 4.90 Å². The molecule has 0 saturated carbocycles. The topological polar surface area (TPSA) is 76.1 Å². The Morgan fingerprint density at radius 2 is 1.93 bits per heavy atom. The van der Waals surface area contributed by atoms with Crippen LogP contribution in [0.3, 0.4) is 0 Å². The number of carboxylic acid groups (broad SMARTS) is 1. The molecule has 0 bridgehead atoms. The maximum absolute atomic E-state index is 13.8. The summed E-state index contributed by atoms with van der Waals surface area (Å²) in [4.78, 5) is 22.7. The molecule has 0 aliphatic heterocycles. The number of rotatable bonds is 9. The van der Waals surface area contributed by atoms with Gasteiger partial charge in [-0.15, -0.1) is 0 Å². The van der Waals surface area contributed by atoms with Gasteiger partial charge in [-0.2, -0.15) is 0 Å². The number of benzene rings is 2. The molecule has 6 nitrogen and oxygen atoms in total. The summed E-state index contributed by atoms with van der Waals surface area (Å²) in [7, 11) is 1.56. The van der Waals surface area contributed by atoms with Crippen molar-refractivity contribution < 1.29 is 28.6 Å². The van der Waals surface area contributed by atoms with Crippen molar-refractivity contribution >= 4 is 24.0 Å². The van der Waals surface area contributed by atoms with Crippen molar-refractivity contribution in [2.24, 2.45) is 0 Å². The summed E-state index contributed by atoms with van der Waals surface area (Å²) in [6, 6.07) is 9.41. The van der Waals surface area contributed by atoms with Crippen LogP contribution >= 0.6 is 11.6 Å². The Bertz CT molecular complexity index is 797. The Balaban J connectivity index is 2.14. The fourth-order valence-electron chi connectivity index (χ4n) is 2.48. The predicted octanol–water partition coefficient (Wildman–Crippen LogP) is 3.79. The lowest BCUT2D eigenvalue weighted by molar-refractivity contribution is -0.108. The van der Waals surface area contributed by atoms with Gasteiger partial charge in [-0.25, -0.2) is 9.18 Å². The third kappa shape index (κ3) is 5.86. The standard InChI is InChI=1S/C19H19ClFNO5/c1-26-15-2-4-16(5-3-15)27-12-17-13(10-14(21)11-18(17)20)6-7-22(8-9-23)19(24)25/h2-5,9-11H,6-8,12H2,1H3,(H,24,25). The first-order chi connectivity index (χ1) is 12.9. The van der Waals surface area contributed by atoms with Gasteiger partial charge in [-0.1, -0.05) is 11.6 Å². The zero-order valence-electron chi connectivity index (χ0n) is 14.7. The summed E-state index contributed by atoms with van der Waals surface area (Å²) in [5.74, 6) is 0.738. The van der Waals surface area contributed by atoms with Crippen LogP contribution in [0, 0.1) is 5.82 Å². The van der Waals surface area contributed by atoms with Gasteiger partial charge in [0, 0.05) is 12.1 Å². The van der Waals surface area contributed by atoms with Crippen LogP contribution in [0.5, 0.6) is 11.5 Å². The molecule has 144 valence electrons. The number of ether oxygens (including phenoxy) is 2. The molecule has 0 spiro atoms. The summed E-state index contributed by atoms with van der Waals surface area (Å²) < 4.78 is 24.5. The second kappa shape index (κ2) is 9.78. The van der Waals surface area contributed by atoms with Crippen molar-refractivity contribution in [3.63, 3.8) is 0 Å². The summed E-state index contributed by atoms with van der Waals surface area (Å²) >= 11 is 6.16. The van der Waals surface area contributed by atoms with Gasteiger partial charge in [0.15, 0.2) is 0 Å². The summed E-state index contributed by atoms with van der Waals surface area (Å²) in [5, 5.41) is 9.28. The molecule has 1 N–H and O–H groups in total. The van der Waals surface area contributed by atoms with E-state index in [4.69, 9.17) is 26.2 Å². The maximum atomic E-state index is 13.8. The van der Waals surface area contributed by atoms with Gasteiger partial charge in [0.2, 0.25) is 0 Å². The highest BCUT2D eigenvalue weighted by atomic mass is 35.5. The Hall–Kier alpha value is -2.80. The van der Waals surface area contributed by atoms with Crippen LogP contribution < -0.4 is 9.47 Å². The van der Waals surface area contributed by atoms with Crippen molar-refractivity contribution in [3.05, 3.63) is 58.4 Å². The first-order valence-corrected chi connectivity index (χ1v) is 8.47. The highest BCUT2D eigenvalue weighted by Gasteiger charge is 2.15. The van der Waals surface area contributed by atoms with E-state index >= 15 is 0 Å². The fourth-order valence-corrected chi connectivity index (χ4v) is 2.76. The van der Waals surface area contributed by atoms with Crippen LogP contribution in [0.4, 0.5) is 9.18 Å². The van der Waals surface area contributed by atoms with Gasteiger partial charge < -0.3 is 24.3 Å². The summed E-state index contributed by atoms with van der Waals surface area (Å²) in [6.45, 7) is -0.138. The van der Waals surface area contributed by atoms with Crippen molar-refractivity contribution in [2.75, 3.05) is 20.2 Å². The first kappa shape index (κ1) is 20.5. The number of halogens is 2. The summed E-state index contributed by atoms with van der Waals surface area (Å²) in [5.41, 5.74) is 1.08. The van der Waals surface area contributed by atoms with Crippen LogP contribution in [-0.4, -0.2) is 42.6 Å². The zero-order chi connectivity index (χ0) is 19.8. The quantitative estimate of drug-likeness (QED) is 0.654. The van der Waals surface area contributed by atoms with E-state index in [9.17, 15) is 14.0 Å². The second-order valence-electron chi connectivity index (χ2n) is 5.63. The molecule has 27 heavy (non-hydrogen) atoms. The van der Waals surface area contributed by atoms with Crippen LogP contribution in [0.15, 0.2) is 36.4 Å². The van der Waals surface area contributed by atoms with E-state index in [1.165, 1.54) is 12.1 Å². The number of carbonyl (C=O) groups is 2. The average molecular weight is 396 g/mol. The smallest absolute Gasteiger partial charge is 0.407 e.